The molecule has 3 aromatic carbocycles. The first-order valence-corrected chi connectivity index (χ1v) is 16.9. The molecule has 0 unspecified atom stereocenters. The van der Waals surface area contributed by atoms with E-state index in [4.69, 9.17) is 34.8 Å². The topological polar surface area (TPSA) is 86.8 Å². The van der Waals surface area contributed by atoms with Gasteiger partial charge in [0.05, 0.1) is 11.9 Å². The Kier molecular flexibility index (Phi) is 11.9. The van der Waals surface area contributed by atoms with Gasteiger partial charge in [-0.2, -0.15) is 0 Å². The molecule has 1 N–H and O–H groups in total. The summed E-state index contributed by atoms with van der Waals surface area (Å²) in [5, 5.41) is 4.17. The quantitative estimate of drug-likeness (QED) is 0.224. The summed E-state index contributed by atoms with van der Waals surface area (Å²) in [6.07, 6.45) is 1.55. The lowest BCUT2D eigenvalue weighted by molar-refractivity contribution is -0.142. The Morgan fingerprint density at radius 1 is 0.930 bits per heavy atom. The third-order valence-electron chi connectivity index (χ3n) is 6.75. The second-order valence-corrected chi connectivity index (χ2v) is 14.7. The van der Waals surface area contributed by atoms with E-state index in [-0.39, 0.29) is 44.2 Å². The second kappa shape index (κ2) is 14.8. The average Bonchev–Trinajstić information content (AvgIpc) is 2.90. The highest BCUT2D eigenvalue weighted by Crippen LogP contribution is 2.29. The minimum atomic E-state index is -3.68. The maximum Gasteiger partial charge on any atom is 0.243 e. The van der Waals surface area contributed by atoms with Crippen molar-refractivity contribution in [1.82, 2.24) is 10.2 Å². The van der Waals surface area contributed by atoms with Crippen molar-refractivity contribution in [2.75, 3.05) is 17.1 Å². The van der Waals surface area contributed by atoms with Crippen LogP contribution in [0.5, 0.6) is 0 Å². The highest BCUT2D eigenvalue weighted by molar-refractivity contribution is 7.92. The monoisotopic (exact) mass is 665 g/mol. The third-order valence-corrected chi connectivity index (χ3v) is 8.87. The molecule has 1 atom stereocenters. The number of nitrogens with zero attached hydrogens (tertiary/aromatic N) is 2. The smallest absolute Gasteiger partial charge is 0.243 e. The van der Waals surface area contributed by atoms with E-state index in [2.05, 4.69) is 5.32 Å². The SMILES string of the molecule is Cc1ccc(Cl)cc1N(CCCC(=O)N(Cc1c(Cl)cccc1Cl)[C@H](Cc1ccccc1)C(=O)NC(C)(C)C)S(C)(=O)=O. The summed E-state index contributed by atoms with van der Waals surface area (Å²) in [4.78, 5) is 29.3. The van der Waals surface area contributed by atoms with Gasteiger partial charge in [-0.05, 0) is 69.5 Å². The molecular formula is C32H38Cl3N3O4S. The minimum Gasteiger partial charge on any atom is -0.350 e. The number of halogens is 3. The van der Waals surface area contributed by atoms with E-state index in [9.17, 15) is 18.0 Å². The lowest BCUT2D eigenvalue weighted by Crippen LogP contribution is -2.54. The molecule has 0 saturated carbocycles. The first-order chi connectivity index (χ1) is 20.1. The van der Waals surface area contributed by atoms with Gasteiger partial charge in [0.1, 0.15) is 6.04 Å². The zero-order valence-corrected chi connectivity index (χ0v) is 28.1. The van der Waals surface area contributed by atoms with Gasteiger partial charge >= 0.3 is 0 Å². The molecule has 0 spiro atoms. The Morgan fingerprint density at radius 2 is 1.56 bits per heavy atom. The molecule has 0 aliphatic rings. The van der Waals surface area contributed by atoms with Crippen molar-refractivity contribution in [2.24, 2.45) is 0 Å². The van der Waals surface area contributed by atoms with Gasteiger partial charge in [-0.1, -0.05) is 77.3 Å². The van der Waals surface area contributed by atoms with E-state index in [1.54, 1.807) is 43.3 Å². The summed E-state index contributed by atoms with van der Waals surface area (Å²) in [5.41, 5.74) is 2.03. The van der Waals surface area contributed by atoms with Gasteiger partial charge in [0.2, 0.25) is 21.8 Å². The van der Waals surface area contributed by atoms with Crippen LogP contribution in [0.3, 0.4) is 0 Å². The average molecular weight is 667 g/mol. The van der Waals surface area contributed by atoms with Crippen LogP contribution in [0.4, 0.5) is 5.69 Å². The Balaban J connectivity index is 1.97. The second-order valence-electron chi connectivity index (χ2n) is 11.5. The lowest BCUT2D eigenvalue weighted by Gasteiger charge is -2.34. The maximum absolute atomic E-state index is 14.0. The minimum absolute atomic E-state index is 0.00437. The Labute approximate surface area is 270 Å². The van der Waals surface area contributed by atoms with E-state index in [0.29, 0.717) is 26.3 Å². The summed E-state index contributed by atoms with van der Waals surface area (Å²) < 4.78 is 26.8. The lowest BCUT2D eigenvalue weighted by atomic mass is 10.00. The van der Waals surface area contributed by atoms with E-state index in [1.807, 2.05) is 51.1 Å². The van der Waals surface area contributed by atoms with Crippen molar-refractivity contribution < 1.29 is 18.0 Å². The van der Waals surface area contributed by atoms with E-state index < -0.39 is 21.6 Å². The number of benzene rings is 3. The summed E-state index contributed by atoms with van der Waals surface area (Å²) >= 11 is 19.2. The number of amides is 2. The number of anilines is 1. The van der Waals surface area contributed by atoms with Crippen molar-refractivity contribution in [2.45, 2.75) is 65.1 Å². The van der Waals surface area contributed by atoms with Crippen molar-refractivity contribution in [3.63, 3.8) is 0 Å². The number of sulfonamides is 1. The standard InChI is InChI=1S/C32H38Cl3N3O4S/c1-22-16-17-24(33)20-28(22)38(43(5,41)42)18-10-15-30(39)37(21-25-26(34)13-9-14-27(25)35)29(31(40)36-32(2,3)4)19-23-11-7-6-8-12-23/h6-9,11-14,16-17,20,29H,10,15,18-19,21H2,1-5H3,(H,36,40)/t29-/m1/s1. The normalized spacial score (nSPS) is 12.5. The molecule has 3 aromatic rings. The van der Waals surface area contributed by atoms with Crippen LogP contribution in [0, 0.1) is 6.92 Å². The molecule has 43 heavy (non-hydrogen) atoms. The molecule has 0 fully saturated rings. The molecule has 0 aliphatic heterocycles. The fraction of sp³-hybridized carbons (Fsp3) is 0.375. The van der Waals surface area contributed by atoms with Gasteiger partial charge in [-0.25, -0.2) is 8.42 Å². The molecule has 0 heterocycles. The van der Waals surface area contributed by atoms with Crippen LogP contribution < -0.4 is 9.62 Å². The Hall–Kier alpha value is -2.78. The predicted octanol–water partition coefficient (Wildman–Crippen LogP) is 7.06. The van der Waals surface area contributed by atoms with Gasteiger partial charge in [0.25, 0.3) is 0 Å². The largest absolute Gasteiger partial charge is 0.350 e. The molecule has 2 amide bonds. The van der Waals surface area contributed by atoms with Crippen LogP contribution in [0.25, 0.3) is 0 Å². The number of rotatable bonds is 12. The first-order valence-electron chi connectivity index (χ1n) is 13.9. The molecule has 0 aromatic heterocycles. The summed E-state index contributed by atoms with van der Waals surface area (Å²) in [7, 11) is -3.68. The van der Waals surface area contributed by atoms with Crippen LogP contribution in [0.1, 0.15) is 50.3 Å². The summed E-state index contributed by atoms with van der Waals surface area (Å²) in [6.45, 7) is 7.46. The Morgan fingerprint density at radius 3 is 2.14 bits per heavy atom. The molecule has 11 heteroatoms. The van der Waals surface area contributed by atoms with Gasteiger partial charge in [0, 0.05) is 52.1 Å². The van der Waals surface area contributed by atoms with Crippen molar-refractivity contribution >= 4 is 62.3 Å². The van der Waals surface area contributed by atoms with Gasteiger partial charge < -0.3 is 10.2 Å². The molecule has 0 aliphatic carbocycles. The summed E-state index contributed by atoms with van der Waals surface area (Å²) in [5.74, 6) is -0.655. The van der Waals surface area contributed by atoms with Crippen molar-refractivity contribution in [1.29, 1.82) is 0 Å². The Bertz CT molecular complexity index is 1520. The number of aryl methyl sites for hydroxylation is 1. The van der Waals surface area contributed by atoms with E-state index in [1.165, 1.54) is 9.21 Å². The van der Waals surface area contributed by atoms with E-state index >= 15 is 0 Å². The van der Waals surface area contributed by atoms with Crippen LogP contribution in [-0.4, -0.2) is 49.5 Å². The first kappa shape index (κ1) is 34.7. The highest BCUT2D eigenvalue weighted by atomic mass is 35.5. The van der Waals surface area contributed by atoms with E-state index in [0.717, 1.165) is 17.4 Å². The van der Waals surface area contributed by atoms with Gasteiger partial charge in [0.15, 0.2) is 0 Å². The molecule has 3 rings (SSSR count). The van der Waals surface area contributed by atoms with Gasteiger partial charge in [-0.15, -0.1) is 0 Å². The van der Waals surface area contributed by atoms with Crippen molar-refractivity contribution in [3.8, 4) is 0 Å². The molecule has 232 valence electrons. The molecule has 0 saturated heterocycles. The number of hydrogen-bond donors (Lipinski definition) is 1. The summed E-state index contributed by atoms with van der Waals surface area (Å²) in [6, 6.07) is 18.7. The number of hydrogen-bond acceptors (Lipinski definition) is 4. The number of carbonyl (C=O) groups excluding carboxylic acids is 2. The zero-order valence-electron chi connectivity index (χ0n) is 25.0. The molecule has 0 radical (unpaired) electrons. The van der Waals surface area contributed by atoms with Crippen LogP contribution >= 0.6 is 34.8 Å². The van der Waals surface area contributed by atoms with Crippen LogP contribution in [-0.2, 0) is 32.6 Å². The van der Waals surface area contributed by atoms with Crippen molar-refractivity contribution in [3.05, 3.63) is 98.5 Å². The molecular weight excluding hydrogens is 629 g/mol. The highest BCUT2D eigenvalue weighted by Gasteiger charge is 2.33. The molecule has 7 nitrogen and oxygen atoms in total. The third kappa shape index (κ3) is 10.1. The molecule has 0 bridgehead atoms. The maximum atomic E-state index is 14.0. The van der Waals surface area contributed by atoms with Crippen LogP contribution in [0.15, 0.2) is 66.7 Å². The van der Waals surface area contributed by atoms with Gasteiger partial charge in [-0.3, -0.25) is 13.9 Å². The fourth-order valence-corrected chi connectivity index (χ4v) is 6.39. The zero-order chi connectivity index (χ0) is 31.9. The van der Waals surface area contributed by atoms with Crippen LogP contribution in [0.2, 0.25) is 15.1 Å². The number of nitrogens with one attached hydrogen (secondary N) is 1. The fourth-order valence-electron chi connectivity index (χ4n) is 4.69. The predicted molar refractivity (Wildman–Crippen MR) is 176 cm³/mol. The number of carbonyl (C=O) groups is 2.